The van der Waals surface area contributed by atoms with Gasteiger partial charge in [0, 0.05) is 25.8 Å². The molecule has 0 aromatic heterocycles. The van der Waals surface area contributed by atoms with Crippen molar-refractivity contribution >= 4 is 11.7 Å². The zero-order valence-electron chi connectivity index (χ0n) is 8.76. The molecule has 1 unspecified atom stereocenters. The number of carbonyl (C=O) groups excluding carboxylic acids is 1. The number of urea groups is 1. The molecule has 1 heterocycles. The lowest BCUT2D eigenvalue weighted by Gasteiger charge is -2.15. The van der Waals surface area contributed by atoms with Crippen molar-refractivity contribution in [3.8, 4) is 0 Å². The summed E-state index contributed by atoms with van der Waals surface area (Å²) in [6, 6.07) is 9.81. The molecule has 0 radical (unpaired) electrons. The van der Waals surface area contributed by atoms with Crippen LogP contribution in [0.1, 0.15) is 0 Å². The maximum Gasteiger partial charge on any atom is 0.324 e. The lowest BCUT2D eigenvalue weighted by Crippen LogP contribution is -2.35. The van der Waals surface area contributed by atoms with Crippen LogP contribution in [0, 0.1) is 0 Å². The summed E-state index contributed by atoms with van der Waals surface area (Å²) in [6.45, 7) is 1.18. The van der Waals surface area contributed by atoms with Crippen molar-refractivity contribution in [1.82, 2.24) is 4.90 Å². The van der Waals surface area contributed by atoms with Crippen molar-refractivity contribution in [3.63, 3.8) is 0 Å². The average Bonchev–Trinajstić information content (AvgIpc) is 2.57. The third-order valence-corrected chi connectivity index (χ3v) is 2.81. The standard InChI is InChI=1S/C11H15N3O/c1-13-10(7-12)8-14(11(13)15)9-5-3-2-4-6-9/h2-6,10H,7-8,12H2,1H3. The molecule has 0 aliphatic carbocycles. The van der Waals surface area contributed by atoms with Crippen molar-refractivity contribution in [3.05, 3.63) is 30.3 Å². The van der Waals surface area contributed by atoms with Crippen molar-refractivity contribution < 1.29 is 4.79 Å². The smallest absolute Gasteiger partial charge is 0.324 e. The number of likely N-dealkylation sites (N-methyl/N-ethyl adjacent to an activating group) is 1. The van der Waals surface area contributed by atoms with Gasteiger partial charge in [-0.25, -0.2) is 4.79 Å². The third kappa shape index (κ3) is 1.68. The lowest BCUT2D eigenvalue weighted by molar-refractivity contribution is 0.219. The first-order chi connectivity index (χ1) is 7.24. The van der Waals surface area contributed by atoms with Crippen LogP contribution in [0.2, 0.25) is 0 Å². The summed E-state index contributed by atoms with van der Waals surface area (Å²) in [5, 5.41) is 0. The number of rotatable bonds is 2. The van der Waals surface area contributed by atoms with Crippen LogP contribution >= 0.6 is 0 Å². The number of para-hydroxylation sites is 1. The van der Waals surface area contributed by atoms with Gasteiger partial charge >= 0.3 is 6.03 Å². The Morgan fingerprint density at radius 1 is 1.40 bits per heavy atom. The van der Waals surface area contributed by atoms with E-state index in [-0.39, 0.29) is 12.1 Å². The second-order valence-electron chi connectivity index (χ2n) is 3.73. The molecule has 2 N–H and O–H groups in total. The van der Waals surface area contributed by atoms with E-state index in [1.54, 1.807) is 16.8 Å². The predicted octanol–water partition coefficient (Wildman–Crippen LogP) is 0.886. The van der Waals surface area contributed by atoms with Crippen molar-refractivity contribution in [1.29, 1.82) is 0 Å². The molecule has 4 nitrogen and oxygen atoms in total. The zero-order valence-corrected chi connectivity index (χ0v) is 8.76. The molecule has 1 aromatic rings. The van der Waals surface area contributed by atoms with E-state index in [4.69, 9.17) is 5.73 Å². The van der Waals surface area contributed by atoms with Crippen LogP contribution in [-0.2, 0) is 0 Å². The van der Waals surface area contributed by atoms with Crippen LogP contribution in [0.5, 0.6) is 0 Å². The van der Waals surface area contributed by atoms with E-state index in [9.17, 15) is 4.79 Å². The van der Waals surface area contributed by atoms with E-state index in [0.29, 0.717) is 13.1 Å². The molecule has 1 saturated heterocycles. The van der Waals surface area contributed by atoms with Crippen LogP contribution in [-0.4, -0.2) is 37.1 Å². The van der Waals surface area contributed by atoms with Crippen LogP contribution in [0.3, 0.4) is 0 Å². The van der Waals surface area contributed by atoms with Crippen molar-refractivity contribution in [2.24, 2.45) is 5.73 Å². The number of nitrogens with two attached hydrogens (primary N) is 1. The van der Waals surface area contributed by atoms with Crippen LogP contribution < -0.4 is 10.6 Å². The van der Waals surface area contributed by atoms with Crippen molar-refractivity contribution in [2.75, 3.05) is 25.0 Å². The molecule has 1 aliphatic heterocycles. The zero-order chi connectivity index (χ0) is 10.8. The molecule has 1 atom stereocenters. The highest BCUT2D eigenvalue weighted by molar-refractivity contribution is 5.94. The van der Waals surface area contributed by atoms with Gasteiger partial charge < -0.3 is 10.6 Å². The Morgan fingerprint density at radius 3 is 2.60 bits per heavy atom. The normalized spacial score (nSPS) is 21.2. The summed E-state index contributed by atoms with van der Waals surface area (Å²) in [7, 11) is 1.79. The number of carbonyl (C=O) groups is 1. The molecular weight excluding hydrogens is 190 g/mol. The predicted molar refractivity (Wildman–Crippen MR) is 59.8 cm³/mol. The number of hydrogen-bond acceptors (Lipinski definition) is 2. The van der Waals surface area contributed by atoms with Crippen LogP contribution in [0.25, 0.3) is 0 Å². The molecule has 4 heteroatoms. The molecule has 2 amide bonds. The Hall–Kier alpha value is -1.55. The molecule has 15 heavy (non-hydrogen) atoms. The van der Waals surface area contributed by atoms with Gasteiger partial charge in [0.15, 0.2) is 0 Å². The topological polar surface area (TPSA) is 49.6 Å². The van der Waals surface area contributed by atoms with Gasteiger partial charge in [-0.1, -0.05) is 18.2 Å². The molecule has 1 aromatic carbocycles. The summed E-state index contributed by atoms with van der Waals surface area (Å²) < 4.78 is 0. The van der Waals surface area contributed by atoms with Crippen LogP contribution in [0.4, 0.5) is 10.5 Å². The molecule has 2 rings (SSSR count). The highest BCUT2D eigenvalue weighted by Crippen LogP contribution is 2.21. The molecule has 1 aliphatic rings. The molecular formula is C11H15N3O. The number of anilines is 1. The summed E-state index contributed by atoms with van der Waals surface area (Å²) in [5.41, 5.74) is 6.54. The fourth-order valence-electron chi connectivity index (χ4n) is 1.81. The number of hydrogen-bond donors (Lipinski definition) is 1. The highest BCUT2D eigenvalue weighted by atomic mass is 16.2. The first-order valence-corrected chi connectivity index (χ1v) is 5.03. The Balaban J connectivity index is 2.23. The first-order valence-electron chi connectivity index (χ1n) is 5.03. The van der Waals surface area contributed by atoms with E-state index in [2.05, 4.69) is 0 Å². The Kier molecular flexibility index (Phi) is 2.60. The minimum absolute atomic E-state index is 0.0247. The fourth-order valence-corrected chi connectivity index (χ4v) is 1.81. The lowest BCUT2D eigenvalue weighted by atomic mass is 10.2. The molecule has 0 bridgehead atoms. The minimum Gasteiger partial charge on any atom is -0.328 e. The molecule has 0 saturated carbocycles. The first kappa shape index (κ1) is 9.98. The second-order valence-corrected chi connectivity index (χ2v) is 3.73. The van der Waals surface area contributed by atoms with E-state index in [1.807, 2.05) is 30.3 Å². The molecule has 0 spiro atoms. The van der Waals surface area contributed by atoms with Gasteiger partial charge in [0.2, 0.25) is 0 Å². The summed E-state index contributed by atoms with van der Waals surface area (Å²) in [6.07, 6.45) is 0. The number of nitrogens with zero attached hydrogens (tertiary/aromatic N) is 2. The quantitative estimate of drug-likeness (QED) is 0.779. The summed E-state index contributed by atoms with van der Waals surface area (Å²) >= 11 is 0. The number of amides is 2. The van der Waals surface area contributed by atoms with E-state index in [1.165, 1.54) is 0 Å². The van der Waals surface area contributed by atoms with E-state index in [0.717, 1.165) is 5.69 Å². The largest absolute Gasteiger partial charge is 0.328 e. The van der Waals surface area contributed by atoms with Gasteiger partial charge in [0.1, 0.15) is 0 Å². The third-order valence-electron chi connectivity index (χ3n) is 2.81. The maximum absolute atomic E-state index is 11.9. The van der Waals surface area contributed by atoms with Gasteiger partial charge in [-0.05, 0) is 12.1 Å². The van der Waals surface area contributed by atoms with Gasteiger partial charge in [-0.15, -0.1) is 0 Å². The minimum atomic E-state index is 0.0247. The van der Waals surface area contributed by atoms with Crippen molar-refractivity contribution in [2.45, 2.75) is 6.04 Å². The Bertz CT molecular complexity index is 352. The Morgan fingerprint density at radius 2 is 2.07 bits per heavy atom. The van der Waals surface area contributed by atoms with Gasteiger partial charge in [-0.3, -0.25) is 4.90 Å². The van der Waals surface area contributed by atoms with Gasteiger partial charge in [-0.2, -0.15) is 0 Å². The van der Waals surface area contributed by atoms with Crippen LogP contribution in [0.15, 0.2) is 30.3 Å². The summed E-state index contributed by atoms with van der Waals surface area (Å²) in [4.78, 5) is 15.3. The second kappa shape index (κ2) is 3.90. The molecule has 1 fully saturated rings. The maximum atomic E-state index is 11.9. The molecule has 80 valence electrons. The van der Waals surface area contributed by atoms with Gasteiger partial charge in [0.25, 0.3) is 0 Å². The van der Waals surface area contributed by atoms with Gasteiger partial charge in [0.05, 0.1) is 6.04 Å². The number of benzene rings is 1. The fraction of sp³-hybridized carbons (Fsp3) is 0.364. The van der Waals surface area contributed by atoms with E-state index >= 15 is 0 Å². The monoisotopic (exact) mass is 205 g/mol. The summed E-state index contributed by atoms with van der Waals surface area (Å²) in [5.74, 6) is 0. The Labute approximate surface area is 89.3 Å². The van der Waals surface area contributed by atoms with E-state index < -0.39 is 0 Å². The average molecular weight is 205 g/mol. The SMILES string of the molecule is CN1C(=O)N(c2ccccc2)CC1CN. The highest BCUT2D eigenvalue weighted by Gasteiger charge is 2.34.